The molecule has 7 heterocycles. The summed E-state index contributed by atoms with van der Waals surface area (Å²) in [4.78, 5) is 31.2. The summed E-state index contributed by atoms with van der Waals surface area (Å²) >= 11 is 0. The monoisotopic (exact) mass is 2330 g/mol. The van der Waals surface area contributed by atoms with Crippen molar-refractivity contribution in [1.29, 1.82) is 0 Å². The molecule has 0 aliphatic heterocycles. The van der Waals surface area contributed by atoms with Crippen LogP contribution in [0.25, 0.3) is 123 Å². The maximum absolute atomic E-state index is 7.98. The second-order valence-corrected chi connectivity index (χ2v) is 29.1. The predicted octanol–water partition coefficient (Wildman–Crippen LogP) is 28.2. The molecular weight excluding hydrogens is 2220 g/mol. The van der Waals surface area contributed by atoms with Gasteiger partial charge >= 0.3 is 0 Å². The largest absolute Gasteiger partial charge is 0.304 e. The van der Waals surface area contributed by atoms with E-state index in [1.165, 1.54) is 89.6 Å². The molecule has 0 saturated heterocycles. The molecule has 7 nitrogen and oxygen atoms in total. The van der Waals surface area contributed by atoms with E-state index in [2.05, 4.69) is 306 Å². The summed E-state index contributed by atoms with van der Waals surface area (Å²) in [6, 6.07) is 118. The van der Waals surface area contributed by atoms with Gasteiger partial charge in [0, 0.05) is 140 Å². The summed E-state index contributed by atoms with van der Waals surface area (Å²) in [6.45, 7) is 25.1. The summed E-state index contributed by atoms with van der Waals surface area (Å²) in [7, 11) is 0. The SMILES string of the molecule is Cc1[c-]c(-c2cc(C)c(-c3ccccc3)cn2)cc(C)c1.Cc1[c-]c(-c2cc(C)c(-c3ccccc3)cn2)cc(C)c1.Cc1[c-]c(-c2cc(C)c(-c3ccccc3)cn2)cc(C)c1.Cc1cccnc1-c1[c-]cccc1.Cc1cccnc1-c1[c-]cccc1.Cc1cccnc1-c1[c-]cccc1.[2H]c1c([2H])c([2H])c(-c2ccc(-c3[c-]cccc3)nc2)c([2H])c1[2H].[Ir].[Ir].[Ir].[Ir]. The minimum atomic E-state index is -0.396. The third-order valence-electron chi connectivity index (χ3n) is 19.3. The van der Waals surface area contributed by atoms with Crippen LogP contribution < -0.4 is 0 Å². The van der Waals surface area contributed by atoms with Crippen LogP contribution in [0.5, 0.6) is 0 Å². The molecule has 0 aliphatic rings. The van der Waals surface area contributed by atoms with Crippen LogP contribution in [0, 0.1) is 126 Å². The topological polar surface area (TPSA) is 90.2 Å². The van der Waals surface area contributed by atoms with Gasteiger partial charge in [-0.05, 0) is 144 Å². The molecule has 0 saturated carbocycles. The molecule has 0 spiro atoms. The Hall–Kier alpha value is -11.9. The number of benzene rings is 11. The van der Waals surface area contributed by atoms with Crippen LogP contribution in [0.3, 0.4) is 0 Å². The summed E-state index contributed by atoms with van der Waals surface area (Å²) < 4.78 is 39.1. The van der Waals surface area contributed by atoms with Gasteiger partial charge in [-0.1, -0.05) is 228 Å². The average molecular weight is 2330 g/mol. The van der Waals surface area contributed by atoms with E-state index in [0.717, 1.165) is 89.8 Å². The maximum atomic E-state index is 7.98. The molecule has 18 rings (SSSR count). The molecule has 124 heavy (non-hydrogen) atoms. The number of aromatic nitrogens is 7. The summed E-state index contributed by atoms with van der Waals surface area (Å²) in [5.74, 6) is 0. The molecule has 4 radical (unpaired) electrons. The third kappa shape index (κ3) is 28.6. The normalized spacial score (nSPS) is 10.6. The van der Waals surface area contributed by atoms with Crippen molar-refractivity contribution in [3.8, 4) is 123 Å². The Morgan fingerprint density at radius 3 is 0.790 bits per heavy atom. The van der Waals surface area contributed by atoms with Crippen LogP contribution in [0.1, 0.15) is 73.6 Å². The molecular formula is C113H96Ir4N7-7. The number of aryl methyl sites for hydroxylation is 12. The minimum absolute atomic E-state index is 0. The molecule has 18 aromatic rings. The molecule has 0 atom stereocenters. The van der Waals surface area contributed by atoms with E-state index in [-0.39, 0.29) is 110 Å². The first-order chi connectivity index (χ1) is 60.5. The second kappa shape index (κ2) is 50.0. The Labute approximate surface area is 795 Å². The van der Waals surface area contributed by atoms with Crippen LogP contribution in [0.2, 0.25) is 0 Å². The van der Waals surface area contributed by atoms with E-state index in [1.807, 2.05) is 165 Å². The molecule has 0 aliphatic carbocycles. The number of pyridine rings is 7. The van der Waals surface area contributed by atoms with Crippen molar-refractivity contribution in [3.05, 3.63) is 474 Å². The molecule has 0 bridgehead atoms. The molecule has 11 heteroatoms. The number of nitrogens with zero attached hydrogens (tertiary/aromatic N) is 7. The van der Waals surface area contributed by atoms with Gasteiger partial charge < -0.3 is 34.9 Å². The summed E-state index contributed by atoms with van der Waals surface area (Å²) in [5, 5.41) is 0. The fraction of sp³-hybridized carbons (Fsp3) is 0.106. The first-order valence-electron chi connectivity index (χ1n) is 42.3. The fourth-order valence-corrected chi connectivity index (χ4v) is 13.5. The van der Waals surface area contributed by atoms with E-state index in [1.54, 1.807) is 18.2 Å². The molecule has 11 aromatic carbocycles. The second-order valence-electron chi connectivity index (χ2n) is 29.1. The Morgan fingerprint density at radius 1 is 0.226 bits per heavy atom. The molecule has 7 aromatic heterocycles. The predicted molar refractivity (Wildman–Crippen MR) is 498 cm³/mol. The third-order valence-corrected chi connectivity index (χ3v) is 19.3. The van der Waals surface area contributed by atoms with Crippen LogP contribution in [0.4, 0.5) is 0 Å². The first kappa shape index (κ1) is 89.8. The summed E-state index contributed by atoms with van der Waals surface area (Å²) in [6.07, 6.45) is 12.8. The van der Waals surface area contributed by atoms with E-state index in [4.69, 9.17) is 6.85 Å². The van der Waals surface area contributed by atoms with E-state index < -0.39 is 6.04 Å². The van der Waals surface area contributed by atoms with Crippen molar-refractivity contribution >= 4 is 0 Å². The molecule has 0 amide bonds. The van der Waals surface area contributed by atoms with Gasteiger partial charge in [-0.15, -0.1) is 248 Å². The Bertz CT molecular complexity index is 6000. The molecule has 0 N–H and O–H groups in total. The quantitative estimate of drug-likeness (QED) is 0.119. The van der Waals surface area contributed by atoms with Crippen LogP contribution >= 0.6 is 0 Å². The van der Waals surface area contributed by atoms with Gasteiger partial charge in [0.1, 0.15) is 0 Å². The molecule has 626 valence electrons. The van der Waals surface area contributed by atoms with Gasteiger partial charge in [0.2, 0.25) is 0 Å². The van der Waals surface area contributed by atoms with Gasteiger partial charge in [-0.3, -0.25) is 0 Å². The first-order valence-corrected chi connectivity index (χ1v) is 39.8. The van der Waals surface area contributed by atoms with Crippen molar-refractivity contribution in [2.24, 2.45) is 0 Å². The van der Waals surface area contributed by atoms with E-state index >= 15 is 0 Å². The fourth-order valence-electron chi connectivity index (χ4n) is 13.5. The standard InChI is InChI=1S/3C20H18N.C17H12N.3C12H10N.4Ir/c3*1-14-9-15(2)11-18(10-14)20-12-16(3)19(13-21-20)17-7-5-4-6-8-17;1-3-7-14(8-4-1)16-11-12-17(18-13-16)15-9-5-2-6-10-15;3*1-10-6-5-9-13-12(10)11-7-3-2-4-8-11;;;;/h3*4-10,12-13H,1-3H3;1-9,11-13H;3*2-7,9H,1H3;;;;/q7*-1;;;;/i;;;1D,3D,4D,7D,8D;;;;;;;. The van der Waals surface area contributed by atoms with Gasteiger partial charge in [0.15, 0.2) is 0 Å². The molecule has 0 fully saturated rings. The molecule has 0 unspecified atom stereocenters. The smallest absolute Gasteiger partial charge is 0.0629 e. The van der Waals surface area contributed by atoms with Crippen LogP contribution in [-0.2, 0) is 80.4 Å². The minimum Gasteiger partial charge on any atom is -0.304 e. The Kier molecular flexibility index (Phi) is 36.2. The number of hydrogen-bond acceptors (Lipinski definition) is 7. The van der Waals surface area contributed by atoms with Gasteiger partial charge in [-0.25, -0.2) is 0 Å². The van der Waals surface area contributed by atoms with Crippen molar-refractivity contribution in [3.63, 3.8) is 0 Å². The van der Waals surface area contributed by atoms with E-state index in [9.17, 15) is 0 Å². The van der Waals surface area contributed by atoms with E-state index in [0.29, 0.717) is 11.3 Å². The Morgan fingerprint density at radius 2 is 0.524 bits per heavy atom. The number of rotatable bonds is 11. The van der Waals surface area contributed by atoms with Gasteiger partial charge in [0.25, 0.3) is 0 Å². The van der Waals surface area contributed by atoms with Gasteiger partial charge in [0.05, 0.1) is 6.85 Å². The Balaban J connectivity index is 0.000000187. The summed E-state index contributed by atoms with van der Waals surface area (Å²) in [5.41, 5.74) is 36.2. The van der Waals surface area contributed by atoms with Crippen LogP contribution in [-0.4, -0.2) is 34.9 Å². The van der Waals surface area contributed by atoms with Gasteiger partial charge in [-0.2, -0.15) is 0 Å². The van der Waals surface area contributed by atoms with Crippen molar-refractivity contribution in [2.45, 2.75) is 83.1 Å². The van der Waals surface area contributed by atoms with Crippen LogP contribution in [0.15, 0.2) is 365 Å². The number of hydrogen-bond donors (Lipinski definition) is 0. The zero-order chi connectivity index (χ0) is 88.3. The van der Waals surface area contributed by atoms with Crippen molar-refractivity contribution in [2.75, 3.05) is 0 Å². The van der Waals surface area contributed by atoms with Crippen molar-refractivity contribution in [1.82, 2.24) is 34.9 Å². The zero-order valence-corrected chi connectivity index (χ0v) is 80.8. The maximum Gasteiger partial charge on any atom is 0.0629 e. The van der Waals surface area contributed by atoms with Crippen molar-refractivity contribution < 1.29 is 87.3 Å². The zero-order valence-electron chi connectivity index (χ0n) is 76.2. The average Bonchev–Trinajstić information content (AvgIpc) is 0.773.